The van der Waals surface area contributed by atoms with Crippen molar-refractivity contribution in [1.29, 1.82) is 0 Å². The number of halogens is 1. The van der Waals surface area contributed by atoms with Crippen molar-refractivity contribution in [2.45, 2.75) is 25.8 Å². The third-order valence-corrected chi connectivity index (χ3v) is 6.65. The van der Waals surface area contributed by atoms with Gasteiger partial charge in [-0.2, -0.15) is 0 Å². The van der Waals surface area contributed by atoms with Gasteiger partial charge in [-0.25, -0.2) is 4.39 Å². The number of likely N-dealkylation sites (tertiary alicyclic amines) is 1. The Morgan fingerprint density at radius 2 is 2.17 bits per heavy atom. The molecule has 0 radical (unpaired) electrons. The van der Waals surface area contributed by atoms with Crippen molar-refractivity contribution in [3.05, 3.63) is 47.1 Å². The fraction of sp³-hybridized carbons (Fsp3) is 0.421. The molecule has 1 aliphatic heterocycles. The van der Waals surface area contributed by atoms with Crippen LogP contribution in [0.5, 0.6) is 0 Å². The Hall–Kier alpha value is -1.72. The molecule has 1 saturated carbocycles. The first-order chi connectivity index (χ1) is 11.6. The van der Waals surface area contributed by atoms with Crippen molar-refractivity contribution < 1.29 is 14.3 Å². The zero-order valence-corrected chi connectivity index (χ0v) is 14.2. The van der Waals surface area contributed by atoms with E-state index in [1.807, 2.05) is 18.2 Å². The van der Waals surface area contributed by atoms with E-state index in [1.165, 1.54) is 6.07 Å². The largest absolute Gasteiger partial charge is 0.481 e. The summed E-state index contributed by atoms with van der Waals surface area (Å²) in [5.41, 5.74) is 0.0973. The van der Waals surface area contributed by atoms with Crippen LogP contribution in [0.15, 0.2) is 36.4 Å². The second-order valence-corrected chi connectivity index (χ2v) is 8.13. The summed E-state index contributed by atoms with van der Waals surface area (Å²) in [7, 11) is 0. The van der Waals surface area contributed by atoms with E-state index in [9.17, 15) is 14.3 Å². The normalized spacial score (nSPS) is 26.6. The molecule has 0 amide bonds. The van der Waals surface area contributed by atoms with Crippen LogP contribution >= 0.6 is 11.3 Å². The van der Waals surface area contributed by atoms with Gasteiger partial charge in [-0.05, 0) is 37.0 Å². The van der Waals surface area contributed by atoms with Gasteiger partial charge in [-0.1, -0.05) is 24.6 Å². The zero-order chi connectivity index (χ0) is 16.7. The van der Waals surface area contributed by atoms with Crippen LogP contribution in [0.3, 0.4) is 0 Å². The molecule has 1 aromatic carbocycles. The predicted molar refractivity (Wildman–Crippen MR) is 92.4 cm³/mol. The van der Waals surface area contributed by atoms with Gasteiger partial charge in [-0.3, -0.25) is 9.69 Å². The third-order valence-electron chi connectivity index (χ3n) is 5.55. The Balaban J connectivity index is 1.50. The molecular weight excluding hydrogens is 325 g/mol. The average Bonchev–Trinajstić information content (AvgIpc) is 3.22. The fourth-order valence-corrected chi connectivity index (χ4v) is 5.43. The first-order valence-corrected chi connectivity index (χ1v) is 9.19. The maximum Gasteiger partial charge on any atom is 0.311 e. The number of carboxylic acid groups (broad SMARTS) is 1. The number of hydrogen-bond donors (Lipinski definition) is 1. The smallest absolute Gasteiger partial charge is 0.311 e. The highest BCUT2D eigenvalue weighted by molar-refractivity contribution is 7.15. The second kappa shape index (κ2) is 5.97. The molecule has 4 rings (SSSR count). The predicted octanol–water partition coefficient (Wildman–Crippen LogP) is 4.24. The maximum atomic E-state index is 13.9. The molecule has 0 bridgehead atoms. The summed E-state index contributed by atoms with van der Waals surface area (Å²) in [5, 5.41) is 9.68. The lowest BCUT2D eigenvalue weighted by Gasteiger charge is -2.23. The van der Waals surface area contributed by atoms with Gasteiger partial charge < -0.3 is 5.11 Å². The van der Waals surface area contributed by atoms with E-state index >= 15 is 0 Å². The highest BCUT2D eigenvalue weighted by Crippen LogP contribution is 2.49. The van der Waals surface area contributed by atoms with Crippen LogP contribution in [0.1, 0.15) is 24.1 Å². The molecule has 3 nitrogen and oxygen atoms in total. The first-order valence-electron chi connectivity index (χ1n) is 8.38. The van der Waals surface area contributed by atoms with Gasteiger partial charge in [0.1, 0.15) is 5.82 Å². The van der Waals surface area contributed by atoms with Crippen LogP contribution in [0.2, 0.25) is 0 Å². The quantitative estimate of drug-likeness (QED) is 0.901. The van der Waals surface area contributed by atoms with E-state index in [0.29, 0.717) is 12.1 Å². The Bertz CT molecular complexity index is 774. The van der Waals surface area contributed by atoms with Crippen molar-refractivity contribution in [2.75, 3.05) is 13.1 Å². The van der Waals surface area contributed by atoms with Gasteiger partial charge >= 0.3 is 5.97 Å². The highest BCUT2D eigenvalue weighted by Gasteiger charge is 2.54. The fourth-order valence-electron chi connectivity index (χ4n) is 4.35. The van der Waals surface area contributed by atoms with E-state index in [0.717, 1.165) is 42.1 Å². The summed E-state index contributed by atoms with van der Waals surface area (Å²) in [4.78, 5) is 16.1. The summed E-state index contributed by atoms with van der Waals surface area (Å²) >= 11 is 1.59. The van der Waals surface area contributed by atoms with Crippen molar-refractivity contribution in [3.63, 3.8) is 0 Å². The lowest BCUT2D eigenvalue weighted by molar-refractivity contribution is -0.149. The van der Waals surface area contributed by atoms with Crippen molar-refractivity contribution >= 4 is 17.3 Å². The van der Waals surface area contributed by atoms with Gasteiger partial charge in [0.25, 0.3) is 0 Å². The number of carboxylic acids is 1. The molecule has 2 atom stereocenters. The van der Waals surface area contributed by atoms with Crippen molar-refractivity contribution in [2.24, 2.45) is 11.3 Å². The lowest BCUT2D eigenvalue weighted by Crippen LogP contribution is -2.35. The van der Waals surface area contributed by atoms with E-state index in [4.69, 9.17) is 0 Å². The molecular formula is C19H20FNO2S. The molecule has 1 saturated heterocycles. The molecule has 0 spiro atoms. The van der Waals surface area contributed by atoms with E-state index < -0.39 is 11.4 Å². The van der Waals surface area contributed by atoms with E-state index in [-0.39, 0.29) is 11.7 Å². The standard InChI is InChI=1S/C19H20FNO2S/c20-16-6-2-1-5-15(16)17-8-7-14(24-17)11-21-10-13-4-3-9-19(13,12-21)18(22)23/h1-2,5-8,13H,3-4,9-12H2,(H,22,23)/t13-,19+/m0/s1. The minimum absolute atomic E-state index is 0.202. The Morgan fingerprint density at radius 1 is 1.33 bits per heavy atom. The highest BCUT2D eigenvalue weighted by atomic mass is 32.1. The molecule has 5 heteroatoms. The first kappa shape index (κ1) is 15.8. The number of fused-ring (bicyclic) bond motifs is 1. The van der Waals surface area contributed by atoms with E-state index in [2.05, 4.69) is 4.90 Å². The molecule has 2 heterocycles. The zero-order valence-electron chi connectivity index (χ0n) is 13.4. The summed E-state index contributed by atoms with van der Waals surface area (Å²) < 4.78 is 13.9. The van der Waals surface area contributed by atoms with Crippen molar-refractivity contribution in [3.8, 4) is 10.4 Å². The van der Waals surface area contributed by atoms with Gasteiger partial charge in [-0.15, -0.1) is 11.3 Å². The summed E-state index contributed by atoms with van der Waals surface area (Å²) in [5.74, 6) is -0.557. The third kappa shape index (κ3) is 2.56. The minimum atomic E-state index is -0.634. The molecule has 2 fully saturated rings. The lowest BCUT2D eigenvalue weighted by atomic mass is 9.81. The number of thiophene rings is 1. The molecule has 1 N–H and O–H groups in total. The second-order valence-electron chi connectivity index (χ2n) is 6.97. The number of hydrogen-bond acceptors (Lipinski definition) is 3. The Morgan fingerprint density at radius 3 is 2.92 bits per heavy atom. The topological polar surface area (TPSA) is 40.5 Å². The van der Waals surface area contributed by atoms with Gasteiger partial charge in [0, 0.05) is 35.0 Å². The number of carbonyl (C=O) groups is 1. The molecule has 1 aromatic heterocycles. The van der Waals surface area contributed by atoms with Gasteiger partial charge in [0.05, 0.1) is 5.41 Å². The SMILES string of the molecule is O=C(O)[C@@]12CCC[C@H]1CN(Cc1ccc(-c3ccccc3F)s1)C2. The maximum absolute atomic E-state index is 13.9. The molecule has 1 aliphatic carbocycles. The number of rotatable bonds is 4. The summed E-state index contributed by atoms with van der Waals surface area (Å²) in [6, 6.07) is 10.8. The van der Waals surface area contributed by atoms with Crippen molar-refractivity contribution in [1.82, 2.24) is 4.90 Å². The van der Waals surface area contributed by atoms with Crippen LogP contribution in [0.25, 0.3) is 10.4 Å². The van der Waals surface area contributed by atoms with E-state index in [1.54, 1.807) is 23.5 Å². The molecule has 2 aliphatic rings. The number of benzene rings is 1. The Kier molecular flexibility index (Phi) is 3.93. The Labute approximate surface area is 144 Å². The number of aliphatic carboxylic acids is 1. The van der Waals surface area contributed by atoms with Gasteiger partial charge in [0.2, 0.25) is 0 Å². The molecule has 24 heavy (non-hydrogen) atoms. The minimum Gasteiger partial charge on any atom is -0.481 e. The number of nitrogens with zero attached hydrogens (tertiary/aromatic N) is 1. The van der Waals surface area contributed by atoms with Crippen LogP contribution in [0, 0.1) is 17.2 Å². The molecule has 126 valence electrons. The van der Waals surface area contributed by atoms with Crippen LogP contribution in [0.4, 0.5) is 4.39 Å². The molecule has 2 aromatic rings. The average molecular weight is 345 g/mol. The summed E-state index contributed by atoms with van der Waals surface area (Å²) in [6.07, 6.45) is 2.85. The monoisotopic (exact) mass is 345 g/mol. The summed E-state index contributed by atoms with van der Waals surface area (Å²) in [6.45, 7) is 2.25. The molecule has 0 unspecified atom stereocenters. The van der Waals surface area contributed by atoms with Gasteiger partial charge in [0.15, 0.2) is 0 Å². The van der Waals surface area contributed by atoms with Crippen LogP contribution in [-0.4, -0.2) is 29.1 Å². The van der Waals surface area contributed by atoms with Crippen LogP contribution in [-0.2, 0) is 11.3 Å². The van der Waals surface area contributed by atoms with Crippen LogP contribution < -0.4 is 0 Å².